The Kier molecular flexibility index (Phi) is 2.86. The second-order valence-corrected chi connectivity index (χ2v) is 5.55. The van der Waals surface area contributed by atoms with E-state index in [9.17, 15) is 9.90 Å². The SMILES string of the molecule is O=C1Nc2ccccc2C1(O)CCC1CCCC1. The summed E-state index contributed by atoms with van der Waals surface area (Å²) in [6, 6.07) is 7.45. The highest BCUT2D eigenvalue weighted by Gasteiger charge is 2.44. The largest absolute Gasteiger partial charge is 0.375 e. The lowest BCUT2D eigenvalue weighted by molar-refractivity contribution is -0.134. The third-order valence-electron chi connectivity index (χ3n) is 4.39. The summed E-state index contributed by atoms with van der Waals surface area (Å²) in [6.07, 6.45) is 6.58. The minimum Gasteiger partial charge on any atom is -0.375 e. The fraction of sp³-hybridized carbons (Fsp3) is 0.533. The van der Waals surface area contributed by atoms with Crippen molar-refractivity contribution in [3.8, 4) is 0 Å². The number of amides is 1. The van der Waals surface area contributed by atoms with Gasteiger partial charge < -0.3 is 10.4 Å². The molecule has 3 rings (SSSR count). The molecule has 1 aliphatic carbocycles. The van der Waals surface area contributed by atoms with Crippen molar-refractivity contribution in [3.63, 3.8) is 0 Å². The van der Waals surface area contributed by atoms with Crippen LogP contribution in [0.2, 0.25) is 0 Å². The van der Waals surface area contributed by atoms with Crippen molar-refractivity contribution in [1.82, 2.24) is 0 Å². The van der Waals surface area contributed by atoms with Crippen molar-refractivity contribution in [2.75, 3.05) is 5.32 Å². The van der Waals surface area contributed by atoms with Crippen LogP contribution in [0.25, 0.3) is 0 Å². The maximum atomic E-state index is 12.0. The van der Waals surface area contributed by atoms with Crippen LogP contribution >= 0.6 is 0 Å². The highest BCUT2D eigenvalue weighted by atomic mass is 16.3. The normalized spacial score (nSPS) is 27.3. The van der Waals surface area contributed by atoms with Crippen molar-refractivity contribution in [2.45, 2.75) is 44.1 Å². The number of rotatable bonds is 3. The molecule has 0 saturated heterocycles. The zero-order valence-corrected chi connectivity index (χ0v) is 10.5. The molecule has 1 unspecified atom stereocenters. The Morgan fingerprint density at radius 2 is 2.00 bits per heavy atom. The van der Waals surface area contributed by atoms with E-state index >= 15 is 0 Å². The van der Waals surface area contributed by atoms with Crippen LogP contribution in [-0.4, -0.2) is 11.0 Å². The number of hydrogen-bond donors (Lipinski definition) is 2. The average Bonchev–Trinajstić information content (AvgIpc) is 2.96. The van der Waals surface area contributed by atoms with Gasteiger partial charge in [0, 0.05) is 11.3 Å². The van der Waals surface area contributed by atoms with E-state index in [1.807, 2.05) is 24.3 Å². The van der Waals surface area contributed by atoms with Gasteiger partial charge in [0.25, 0.3) is 5.91 Å². The number of benzene rings is 1. The van der Waals surface area contributed by atoms with E-state index in [0.717, 1.165) is 17.7 Å². The first-order chi connectivity index (χ1) is 8.70. The van der Waals surface area contributed by atoms with Gasteiger partial charge in [-0.1, -0.05) is 43.9 Å². The second kappa shape index (κ2) is 4.39. The molecule has 96 valence electrons. The number of hydrogen-bond acceptors (Lipinski definition) is 2. The lowest BCUT2D eigenvalue weighted by Crippen LogP contribution is -2.34. The number of carbonyl (C=O) groups is 1. The molecule has 1 saturated carbocycles. The molecule has 1 aromatic rings. The molecule has 1 aromatic carbocycles. The molecule has 3 nitrogen and oxygen atoms in total. The number of aliphatic hydroxyl groups is 1. The summed E-state index contributed by atoms with van der Waals surface area (Å²) in [7, 11) is 0. The molecule has 2 N–H and O–H groups in total. The van der Waals surface area contributed by atoms with Crippen LogP contribution < -0.4 is 5.32 Å². The molecule has 1 fully saturated rings. The lowest BCUT2D eigenvalue weighted by Gasteiger charge is -2.22. The predicted octanol–water partition coefficient (Wildman–Crippen LogP) is 2.80. The summed E-state index contributed by atoms with van der Waals surface area (Å²) in [4.78, 5) is 12.0. The molecule has 18 heavy (non-hydrogen) atoms. The molecule has 0 aromatic heterocycles. The van der Waals surface area contributed by atoms with E-state index in [1.165, 1.54) is 25.7 Å². The van der Waals surface area contributed by atoms with E-state index in [0.29, 0.717) is 12.3 Å². The maximum Gasteiger partial charge on any atom is 0.261 e. The molecule has 0 radical (unpaired) electrons. The van der Waals surface area contributed by atoms with E-state index < -0.39 is 5.60 Å². The molecule has 3 heteroatoms. The molecule has 1 heterocycles. The topological polar surface area (TPSA) is 49.3 Å². The molecular formula is C15H19NO2. The summed E-state index contributed by atoms with van der Waals surface area (Å²) in [5.74, 6) is 0.427. The Bertz CT molecular complexity index is 465. The highest BCUT2D eigenvalue weighted by Crippen LogP contribution is 2.41. The standard InChI is InChI=1S/C15H19NO2/c17-14-15(18,10-9-11-5-1-2-6-11)12-7-3-4-8-13(12)16-14/h3-4,7-8,11,18H,1-2,5-6,9-10H2,(H,16,17). The number of nitrogens with one attached hydrogen (secondary N) is 1. The average molecular weight is 245 g/mol. The van der Waals surface area contributed by atoms with Gasteiger partial charge in [-0.2, -0.15) is 0 Å². The van der Waals surface area contributed by atoms with Crippen LogP contribution in [0.15, 0.2) is 24.3 Å². The van der Waals surface area contributed by atoms with Crippen molar-refractivity contribution in [3.05, 3.63) is 29.8 Å². The third kappa shape index (κ3) is 1.83. The molecular weight excluding hydrogens is 226 g/mol. The van der Waals surface area contributed by atoms with Gasteiger partial charge in [0.2, 0.25) is 0 Å². The minimum absolute atomic E-state index is 0.262. The van der Waals surface area contributed by atoms with Gasteiger partial charge >= 0.3 is 0 Å². The Hall–Kier alpha value is -1.35. The van der Waals surface area contributed by atoms with Crippen LogP contribution in [-0.2, 0) is 10.4 Å². The molecule has 1 aliphatic heterocycles. The first-order valence-corrected chi connectivity index (χ1v) is 6.83. The van der Waals surface area contributed by atoms with E-state index in [4.69, 9.17) is 0 Å². The molecule has 0 spiro atoms. The summed E-state index contributed by atoms with van der Waals surface area (Å²) >= 11 is 0. The van der Waals surface area contributed by atoms with Gasteiger partial charge in [0.15, 0.2) is 5.60 Å². The fourth-order valence-corrected chi connectivity index (χ4v) is 3.26. The Balaban J connectivity index is 1.78. The fourth-order valence-electron chi connectivity index (χ4n) is 3.26. The Labute approximate surface area is 107 Å². The summed E-state index contributed by atoms with van der Waals surface area (Å²) in [5.41, 5.74) is 0.198. The summed E-state index contributed by atoms with van der Waals surface area (Å²) < 4.78 is 0. The summed E-state index contributed by atoms with van der Waals surface area (Å²) in [5, 5.41) is 13.4. The monoisotopic (exact) mass is 245 g/mol. The highest BCUT2D eigenvalue weighted by molar-refractivity contribution is 6.04. The maximum absolute atomic E-state index is 12.0. The van der Waals surface area contributed by atoms with Gasteiger partial charge in [-0.25, -0.2) is 0 Å². The van der Waals surface area contributed by atoms with Crippen molar-refractivity contribution in [2.24, 2.45) is 5.92 Å². The van der Waals surface area contributed by atoms with Crippen LogP contribution in [0.4, 0.5) is 5.69 Å². The van der Waals surface area contributed by atoms with Gasteiger partial charge in [-0.05, 0) is 24.8 Å². The quantitative estimate of drug-likeness (QED) is 0.860. The van der Waals surface area contributed by atoms with Crippen LogP contribution in [0.1, 0.15) is 44.1 Å². The van der Waals surface area contributed by atoms with Gasteiger partial charge in [0.05, 0.1) is 0 Å². The zero-order chi connectivity index (χ0) is 12.6. The number of para-hydroxylation sites is 1. The zero-order valence-electron chi connectivity index (χ0n) is 10.5. The van der Waals surface area contributed by atoms with Gasteiger partial charge in [-0.3, -0.25) is 4.79 Å². The number of anilines is 1. The third-order valence-corrected chi connectivity index (χ3v) is 4.39. The smallest absolute Gasteiger partial charge is 0.261 e. The van der Waals surface area contributed by atoms with Gasteiger partial charge in [0.1, 0.15) is 0 Å². The summed E-state index contributed by atoms with van der Waals surface area (Å²) in [6.45, 7) is 0. The van der Waals surface area contributed by atoms with E-state index in [-0.39, 0.29) is 5.91 Å². The van der Waals surface area contributed by atoms with Crippen molar-refractivity contribution in [1.29, 1.82) is 0 Å². The number of carbonyl (C=O) groups excluding carboxylic acids is 1. The van der Waals surface area contributed by atoms with Crippen molar-refractivity contribution >= 4 is 11.6 Å². The van der Waals surface area contributed by atoms with Crippen LogP contribution in [0, 0.1) is 5.92 Å². The van der Waals surface area contributed by atoms with E-state index in [2.05, 4.69) is 5.32 Å². The molecule has 0 bridgehead atoms. The van der Waals surface area contributed by atoms with Crippen LogP contribution in [0.3, 0.4) is 0 Å². The predicted molar refractivity (Wildman–Crippen MR) is 70.2 cm³/mol. The molecule has 2 aliphatic rings. The first-order valence-electron chi connectivity index (χ1n) is 6.83. The van der Waals surface area contributed by atoms with Crippen molar-refractivity contribution < 1.29 is 9.90 Å². The number of fused-ring (bicyclic) bond motifs is 1. The van der Waals surface area contributed by atoms with Gasteiger partial charge in [-0.15, -0.1) is 0 Å². The Morgan fingerprint density at radius 1 is 1.28 bits per heavy atom. The van der Waals surface area contributed by atoms with Crippen LogP contribution in [0.5, 0.6) is 0 Å². The Morgan fingerprint density at radius 3 is 2.78 bits per heavy atom. The minimum atomic E-state index is -1.31. The van der Waals surface area contributed by atoms with E-state index in [1.54, 1.807) is 0 Å². The lowest BCUT2D eigenvalue weighted by atomic mass is 9.87. The molecule has 1 atom stereocenters. The molecule has 1 amide bonds. The second-order valence-electron chi connectivity index (χ2n) is 5.55. The first kappa shape index (κ1) is 11.7.